The number of hydrogen-bond donors (Lipinski definition) is 2. The molecule has 34 heavy (non-hydrogen) atoms. The van der Waals surface area contributed by atoms with Gasteiger partial charge < -0.3 is 24.4 Å². The number of carbonyl (C=O) groups is 1. The average molecular weight is 471 g/mol. The molecule has 4 unspecified atom stereocenters. The van der Waals surface area contributed by atoms with Gasteiger partial charge in [0.25, 0.3) is 0 Å². The Morgan fingerprint density at radius 2 is 1.91 bits per heavy atom. The van der Waals surface area contributed by atoms with Crippen LogP contribution in [0.25, 0.3) is 0 Å². The van der Waals surface area contributed by atoms with Gasteiger partial charge in [0, 0.05) is 12.5 Å². The second-order valence-electron chi connectivity index (χ2n) is 9.94. The van der Waals surface area contributed by atoms with Gasteiger partial charge in [-0.2, -0.15) is 0 Å². The quantitative estimate of drug-likeness (QED) is 0.367. The highest BCUT2D eigenvalue weighted by Crippen LogP contribution is 2.34. The molecule has 2 N–H and O–H groups in total. The Bertz CT molecular complexity index is 819. The summed E-state index contributed by atoms with van der Waals surface area (Å²) in [6, 6.07) is 0. The maximum Gasteiger partial charge on any atom is 0.330 e. The SMILES string of the molecule is C=C1CCC[C@@H]2CC=CC(C/C=C\C(=O)OC(C(O)/C=C/C3CC=CC3)C[C@@H]3OC3[C@@H](O)C1)O2. The van der Waals surface area contributed by atoms with Crippen LogP contribution in [-0.4, -0.2) is 58.9 Å². The largest absolute Gasteiger partial charge is 0.456 e. The Morgan fingerprint density at radius 1 is 1.09 bits per heavy atom. The van der Waals surface area contributed by atoms with Crippen LogP contribution in [0, 0.1) is 5.92 Å². The molecule has 1 aliphatic carbocycles. The predicted octanol–water partition coefficient (Wildman–Crippen LogP) is 4.09. The molecule has 1 fully saturated rings. The number of carbonyl (C=O) groups excluding carboxylic acids is 1. The number of epoxide rings is 1. The third kappa shape index (κ3) is 7.51. The lowest BCUT2D eigenvalue weighted by Crippen LogP contribution is -2.32. The van der Waals surface area contributed by atoms with Crippen LogP contribution in [-0.2, 0) is 19.0 Å². The zero-order valence-electron chi connectivity index (χ0n) is 19.8. The fraction of sp³-hybridized carbons (Fsp3) is 0.607. The third-order valence-electron chi connectivity index (χ3n) is 7.03. The van der Waals surface area contributed by atoms with E-state index in [-0.39, 0.29) is 24.4 Å². The molecule has 0 aromatic carbocycles. The molecule has 3 heterocycles. The van der Waals surface area contributed by atoms with Crippen LogP contribution in [0.1, 0.15) is 57.8 Å². The van der Waals surface area contributed by atoms with E-state index in [0.717, 1.165) is 44.1 Å². The molecule has 0 aromatic rings. The molecule has 3 aliphatic heterocycles. The number of fused-ring (bicyclic) bond motifs is 3. The summed E-state index contributed by atoms with van der Waals surface area (Å²) in [6.45, 7) is 4.14. The van der Waals surface area contributed by atoms with E-state index in [9.17, 15) is 15.0 Å². The number of cyclic esters (lactones) is 1. The van der Waals surface area contributed by atoms with Crippen molar-refractivity contribution in [2.45, 2.75) is 101 Å². The molecule has 0 amide bonds. The minimum atomic E-state index is -0.939. The number of ether oxygens (including phenoxy) is 3. The molecule has 6 heteroatoms. The van der Waals surface area contributed by atoms with Crippen LogP contribution in [0.2, 0.25) is 0 Å². The lowest BCUT2D eigenvalue weighted by molar-refractivity contribution is -0.148. The summed E-state index contributed by atoms with van der Waals surface area (Å²) < 4.78 is 17.5. The van der Waals surface area contributed by atoms with E-state index < -0.39 is 24.3 Å². The second kappa shape index (κ2) is 12.1. The molecule has 4 rings (SSSR count). The van der Waals surface area contributed by atoms with Gasteiger partial charge in [-0.15, -0.1) is 0 Å². The molecule has 1 saturated heterocycles. The molecule has 0 radical (unpaired) electrons. The van der Waals surface area contributed by atoms with E-state index >= 15 is 0 Å². The topological polar surface area (TPSA) is 88.5 Å². The zero-order chi connectivity index (χ0) is 23.9. The number of hydrogen-bond acceptors (Lipinski definition) is 6. The monoisotopic (exact) mass is 470 g/mol. The molecule has 0 aromatic heterocycles. The first kappa shape index (κ1) is 25.1. The fourth-order valence-corrected chi connectivity index (χ4v) is 4.99. The highest BCUT2D eigenvalue weighted by atomic mass is 16.6. The standard InChI is InChI=1S/C28H38O6/c1-19-7-4-10-21-11-5-12-22(32-21)13-6-14-27(31)33-25(18-26-28(34-26)24(30)17-19)23(29)16-15-20-8-2-3-9-20/h2-3,5-6,12,14-16,20-26,28-30H,1,4,7-11,13,17-18H2/b14-6-,16-15+/t21-,22?,23?,24+,25?,26+,28?/m1/s1. The summed E-state index contributed by atoms with van der Waals surface area (Å²) in [5.41, 5.74) is 1.00. The molecule has 0 saturated carbocycles. The molecule has 2 bridgehead atoms. The van der Waals surface area contributed by atoms with E-state index in [2.05, 4.69) is 24.8 Å². The smallest absolute Gasteiger partial charge is 0.330 e. The maximum atomic E-state index is 12.5. The molecular weight excluding hydrogens is 432 g/mol. The van der Waals surface area contributed by atoms with Crippen molar-refractivity contribution >= 4 is 5.97 Å². The highest BCUT2D eigenvalue weighted by molar-refractivity contribution is 5.82. The Labute approximate surface area is 202 Å². The van der Waals surface area contributed by atoms with Crippen molar-refractivity contribution in [3.05, 3.63) is 60.8 Å². The Hall–Kier alpha value is -1.99. The van der Waals surface area contributed by atoms with Gasteiger partial charge in [-0.25, -0.2) is 4.79 Å². The number of aliphatic hydroxyl groups is 2. The van der Waals surface area contributed by atoms with Crippen molar-refractivity contribution in [1.82, 2.24) is 0 Å². The van der Waals surface area contributed by atoms with Gasteiger partial charge in [-0.1, -0.05) is 54.7 Å². The molecule has 6 nitrogen and oxygen atoms in total. The molecule has 7 atom stereocenters. The molecule has 4 aliphatic rings. The molecule has 0 spiro atoms. The van der Waals surface area contributed by atoms with E-state index in [1.807, 2.05) is 12.2 Å². The van der Waals surface area contributed by atoms with Gasteiger partial charge in [-0.05, 0) is 57.3 Å². The van der Waals surface area contributed by atoms with Crippen molar-refractivity contribution in [1.29, 1.82) is 0 Å². The lowest BCUT2D eigenvalue weighted by atomic mass is 9.97. The number of rotatable bonds is 3. The van der Waals surface area contributed by atoms with Crippen LogP contribution in [0.3, 0.4) is 0 Å². The van der Waals surface area contributed by atoms with Crippen molar-refractivity contribution in [3.63, 3.8) is 0 Å². The molecular formula is C28H38O6. The van der Waals surface area contributed by atoms with Crippen molar-refractivity contribution in [3.8, 4) is 0 Å². The second-order valence-corrected chi connectivity index (χ2v) is 9.94. The number of aliphatic hydroxyl groups excluding tert-OH is 2. The van der Waals surface area contributed by atoms with Crippen LogP contribution in [0.15, 0.2) is 60.8 Å². The summed E-state index contributed by atoms with van der Waals surface area (Å²) in [4.78, 5) is 12.5. The van der Waals surface area contributed by atoms with Gasteiger partial charge >= 0.3 is 5.97 Å². The van der Waals surface area contributed by atoms with Gasteiger partial charge in [0.2, 0.25) is 0 Å². The first-order valence-electron chi connectivity index (χ1n) is 12.7. The van der Waals surface area contributed by atoms with Crippen molar-refractivity contribution < 1.29 is 29.2 Å². The van der Waals surface area contributed by atoms with Crippen molar-refractivity contribution in [2.75, 3.05) is 0 Å². The lowest BCUT2D eigenvalue weighted by Gasteiger charge is -2.25. The number of allylic oxidation sites excluding steroid dienone is 3. The number of esters is 1. The van der Waals surface area contributed by atoms with E-state index in [4.69, 9.17) is 14.2 Å². The summed E-state index contributed by atoms with van der Waals surface area (Å²) in [7, 11) is 0. The van der Waals surface area contributed by atoms with Crippen LogP contribution < -0.4 is 0 Å². The minimum Gasteiger partial charge on any atom is -0.456 e. The van der Waals surface area contributed by atoms with Crippen LogP contribution in [0.4, 0.5) is 0 Å². The summed E-state index contributed by atoms with van der Waals surface area (Å²) in [6.07, 6.45) is 19.5. The van der Waals surface area contributed by atoms with Crippen LogP contribution in [0.5, 0.6) is 0 Å². The summed E-state index contributed by atoms with van der Waals surface area (Å²) in [5.74, 6) is -0.127. The van der Waals surface area contributed by atoms with Crippen molar-refractivity contribution in [2.24, 2.45) is 5.92 Å². The van der Waals surface area contributed by atoms with E-state index in [1.54, 1.807) is 12.2 Å². The average Bonchev–Trinajstić information content (AvgIpc) is 3.38. The Balaban J connectivity index is 1.42. The first-order valence-corrected chi connectivity index (χ1v) is 12.7. The fourth-order valence-electron chi connectivity index (χ4n) is 4.99. The first-order chi connectivity index (χ1) is 16.5. The molecule has 186 valence electrons. The summed E-state index contributed by atoms with van der Waals surface area (Å²) >= 11 is 0. The third-order valence-corrected chi connectivity index (χ3v) is 7.03. The van der Waals surface area contributed by atoms with E-state index in [0.29, 0.717) is 25.2 Å². The van der Waals surface area contributed by atoms with Gasteiger partial charge in [0.15, 0.2) is 0 Å². The van der Waals surface area contributed by atoms with Gasteiger partial charge in [0.05, 0.1) is 24.4 Å². The predicted molar refractivity (Wildman–Crippen MR) is 130 cm³/mol. The van der Waals surface area contributed by atoms with E-state index in [1.165, 1.54) is 6.08 Å². The minimum absolute atomic E-state index is 0.0586. The normalized spacial score (nSPS) is 37.6. The highest BCUT2D eigenvalue weighted by Gasteiger charge is 2.46. The maximum absolute atomic E-state index is 12.5. The Morgan fingerprint density at radius 3 is 2.74 bits per heavy atom. The zero-order valence-corrected chi connectivity index (χ0v) is 19.8. The van der Waals surface area contributed by atoms with Crippen LogP contribution >= 0.6 is 0 Å². The Kier molecular flexibility index (Phi) is 8.95. The van der Waals surface area contributed by atoms with Gasteiger partial charge in [0.1, 0.15) is 18.3 Å². The van der Waals surface area contributed by atoms with Gasteiger partial charge in [-0.3, -0.25) is 0 Å². The summed E-state index contributed by atoms with van der Waals surface area (Å²) in [5, 5.41) is 21.4.